The van der Waals surface area contributed by atoms with Crippen molar-refractivity contribution in [3.8, 4) is 11.8 Å². The van der Waals surface area contributed by atoms with Crippen molar-refractivity contribution in [3.05, 3.63) is 65.2 Å². The Hall–Kier alpha value is -2.61. The molecular weight excluding hydrogens is 336 g/mol. The van der Waals surface area contributed by atoms with Crippen molar-refractivity contribution in [3.63, 3.8) is 0 Å². The van der Waals surface area contributed by atoms with E-state index in [9.17, 15) is 4.79 Å². The molecule has 2 heterocycles. The fourth-order valence-electron chi connectivity index (χ4n) is 3.61. The number of carbonyl (C=O) groups excluding carboxylic acids is 1. The zero-order chi connectivity index (χ0) is 18.5. The number of carbonyl (C=O) groups is 1. The molecule has 0 saturated carbocycles. The molecule has 1 amide bonds. The summed E-state index contributed by atoms with van der Waals surface area (Å²) in [5.74, 6) is 6.46. The van der Waals surface area contributed by atoms with Crippen LogP contribution in [-0.4, -0.2) is 36.6 Å². The number of hydrogen-bond donors (Lipinski definition) is 1. The fourth-order valence-corrected chi connectivity index (χ4v) is 3.61. The minimum Gasteiger partial charge on any atom is -0.368 e. The highest BCUT2D eigenvalue weighted by Gasteiger charge is 2.24. The van der Waals surface area contributed by atoms with Gasteiger partial charge in [0.25, 0.3) is 5.91 Å². The maximum absolute atomic E-state index is 12.3. The Balaban J connectivity index is 1.38. The number of nitrogens with one attached hydrogen (secondary N) is 1. The van der Waals surface area contributed by atoms with Crippen molar-refractivity contribution in [2.75, 3.05) is 25.0 Å². The van der Waals surface area contributed by atoms with Gasteiger partial charge >= 0.3 is 0 Å². The smallest absolute Gasteiger partial charge is 0.253 e. The maximum atomic E-state index is 12.3. The van der Waals surface area contributed by atoms with Crippen LogP contribution in [0.2, 0.25) is 0 Å². The molecule has 0 bridgehead atoms. The summed E-state index contributed by atoms with van der Waals surface area (Å²) in [6, 6.07) is 16.3. The summed E-state index contributed by atoms with van der Waals surface area (Å²) in [5.41, 5.74) is 4.53. The Kier molecular flexibility index (Phi) is 5.53. The van der Waals surface area contributed by atoms with Crippen LogP contribution in [0.1, 0.15) is 29.5 Å². The number of fused-ring (bicyclic) bond motifs is 1. The second-order valence-corrected chi connectivity index (χ2v) is 7.10. The van der Waals surface area contributed by atoms with Gasteiger partial charge in [-0.2, -0.15) is 0 Å². The SMILES string of the molecule is O=C(Nc1ccc2c(c1)CN(CC#Cc1ccccc1)CC2)C1CCCO1. The monoisotopic (exact) mass is 360 g/mol. The van der Waals surface area contributed by atoms with Crippen molar-refractivity contribution < 1.29 is 9.53 Å². The molecule has 2 aliphatic rings. The first-order valence-corrected chi connectivity index (χ1v) is 9.58. The lowest BCUT2D eigenvalue weighted by Crippen LogP contribution is -2.31. The van der Waals surface area contributed by atoms with Gasteiger partial charge in [0.2, 0.25) is 0 Å². The third-order valence-electron chi connectivity index (χ3n) is 5.10. The summed E-state index contributed by atoms with van der Waals surface area (Å²) in [6.07, 6.45) is 2.49. The van der Waals surface area contributed by atoms with Gasteiger partial charge in [-0.15, -0.1) is 0 Å². The van der Waals surface area contributed by atoms with Crippen LogP contribution in [0, 0.1) is 11.8 Å². The van der Waals surface area contributed by atoms with Crippen molar-refractivity contribution in [2.45, 2.75) is 31.9 Å². The van der Waals surface area contributed by atoms with E-state index < -0.39 is 0 Å². The summed E-state index contributed by atoms with van der Waals surface area (Å²) in [4.78, 5) is 14.6. The minimum atomic E-state index is -0.300. The van der Waals surface area contributed by atoms with Gasteiger partial charge < -0.3 is 10.1 Å². The minimum absolute atomic E-state index is 0.0335. The largest absolute Gasteiger partial charge is 0.368 e. The standard InChI is InChI=1S/C23H24N2O2/c26-23(22-9-5-15-27-22)24-21-11-10-19-12-14-25(17-20(19)16-21)13-4-8-18-6-2-1-3-7-18/h1-3,6-7,10-11,16,22H,5,9,12-15,17H2,(H,24,26). The van der Waals surface area contributed by atoms with Crippen LogP contribution >= 0.6 is 0 Å². The van der Waals surface area contributed by atoms with E-state index in [0.29, 0.717) is 6.61 Å². The third-order valence-corrected chi connectivity index (χ3v) is 5.10. The molecule has 1 atom stereocenters. The van der Waals surface area contributed by atoms with Crippen LogP contribution in [0.5, 0.6) is 0 Å². The lowest BCUT2D eigenvalue weighted by atomic mass is 9.99. The molecule has 138 valence electrons. The molecule has 0 spiro atoms. The van der Waals surface area contributed by atoms with Gasteiger partial charge in [0.1, 0.15) is 6.10 Å². The normalized spacial score (nSPS) is 19.0. The summed E-state index contributed by atoms with van der Waals surface area (Å²) in [5, 5.41) is 3.00. The molecule has 2 aliphatic heterocycles. The molecule has 0 aliphatic carbocycles. The van der Waals surface area contributed by atoms with Gasteiger partial charge in [-0.3, -0.25) is 9.69 Å². The van der Waals surface area contributed by atoms with Crippen LogP contribution in [-0.2, 0) is 22.5 Å². The number of ether oxygens (including phenoxy) is 1. The quantitative estimate of drug-likeness (QED) is 0.855. The first kappa shape index (κ1) is 17.8. The average molecular weight is 360 g/mol. The van der Waals surface area contributed by atoms with Gasteiger partial charge in [-0.1, -0.05) is 36.1 Å². The van der Waals surface area contributed by atoms with E-state index in [1.807, 2.05) is 36.4 Å². The maximum Gasteiger partial charge on any atom is 0.253 e. The lowest BCUT2D eigenvalue weighted by molar-refractivity contribution is -0.124. The number of anilines is 1. The highest BCUT2D eigenvalue weighted by Crippen LogP contribution is 2.23. The van der Waals surface area contributed by atoms with E-state index in [1.165, 1.54) is 11.1 Å². The molecule has 4 heteroatoms. The molecule has 4 rings (SSSR count). The highest BCUT2D eigenvalue weighted by molar-refractivity contribution is 5.94. The Morgan fingerprint density at radius 1 is 1.19 bits per heavy atom. The number of benzene rings is 2. The molecule has 27 heavy (non-hydrogen) atoms. The van der Waals surface area contributed by atoms with E-state index in [-0.39, 0.29) is 12.0 Å². The molecular formula is C23H24N2O2. The van der Waals surface area contributed by atoms with Gasteiger partial charge in [0.15, 0.2) is 0 Å². The second-order valence-electron chi connectivity index (χ2n) is 7.10. The zero-order valence-electron chi connectivity index (χ0n) is 15.4. The van der Waals surface area contributed by atoms with Gasteiger partial charge in [-0.05, 0) is 54.7 Å². The Morgan fingerprint density at radius 3 is 2.89 bits per heavy atom. The predicted molar refractivity (Wildman–Crippen MR) is 106 cm³/mol. The van der Waals surface area contributed by atoms with Crippen LogP contribution in [0.4, 0.5) is 5.69 Å². The molecule has 1 fully saturated rings. The first-order chi connectivity index (χ1) is 13.3. The van der Waals surface area contributed by atoms with Crippen molar-refractivity contribution in [1.29, 1.82) is 0 Å². The van der Waals surface area contributed by atoms with Crippen LogP contribution in [0.3, 0.4) is 0 Å². The first-order valence-electron chi connectivity index (χ1n) is 9.58. The Morgan fingerprint density at radius 2 is 2.07 bits per heavy atom. The molecule has 4 nitrogen and oxygen atoms in total. The fraction of sp³-hybridized carbons (Fsp3) is 0.348. The number of nitrogens with zero attached hydrogens (tertiary/aromatic N) is 1. The Labute approximate surface area is 160 Å². The number of amides is 1. The van der Waals surface area contributed by atoms with E-state index in [0.717, 1.165) is 50.1 Å². The summed E-state index contributed by atoms with van der Waals surface area (Å²) in [7, 11) is 0. The van der Waals surface area contributed by atoms with E-state index in [2.05, 4.69) is 34.2 Å². The molecule has 0 radical (unpaired) electrons. The van der Waals surface area contributed by atoms with E-state index >= 15 is 0 Å². The van der Waals surface area contributed by atoms with E-state index in [4.69, 9.17) is 4.74 Å². The lowest BCUT2D eigenvalue weighted by Gasteiger charge is -2.27. The van der Waals surface area contributed by atoms with Crippen LogP contribution < -0.4 is 5.32 Å². The van der Waals surface area contributed by atoms with Crippen molar-refractivity contribution in [1.82, 2.24) is 4.90 Å². The van der Waals surface area contributed by atoms with Gasteiger partial charge in [0.05, 0.1) is 6.54 Å². The average Bonchev–Trinajstić information content (AvgIpc) is 3.24. The van der Waals surface area contributed by atoms with Gasteiger partial charge in [-0.25, -0.2) is 0 Å². The summed E-state index contributed by atoms with van der Waals surface area (Å²) >= 11 is 0. The van der Waals surface area contributed by atoms with Crippen molar-refractivity contribution >= 4 is 11.6 Å². The molecule has 1 saturated heterocycles. The third kappa shape index (κ3) is 4.57. The topological polar surface area (TPSA) is 41.6 Å². The highest BCUT2D eigenvalue weighted by atomic mass is 16.5. The van der Waals surface area contributed by atoms with Crippen LogP contribution in [0.15, 0.2) is 48.5 Å². The number of rotatable bonds is 3. The molecule has 2 aromatic carbocycles. The molecule has 0 aromatic heterocycles. The van der Waals surface area contributed by atoms with Crippen molar-refractivity contribution in [2.24, 2.45) is 0 Å². The second kappa shape index (κ2) is 8.39. The van der Waals surface area contributed by atoms with Gasteiger partial charge in [0, 0.05) is 30.9 Å². The Bertz CT molecular complexity index is 861. The van der Waals surface area contributed by atoms with Crippen LogP contribution in [0.25, 0.3) is 0 Å². The predicted octanol–water partition coefficient (Wildman–Crippen LogP) is 3.21. The zero-order valence-corrected chi connectivity index (χ0v) is 15.4. The molecule has 1 N–H and O–H groups in total. The number of hydrogen-bond acceptors (Lipinski definition) is 3. The molecule has 2 aromatic rings. The summed E-state index contributed by atoms with van der Waals surface area (Å²) < 4.78 is 5.46. The summed E-state index contributed by atoms with van der Waals surface area (Å²) in [6.45, 7) is 3.31. The molecule has 1 unspecified atom stereocenters. The van der Waals surface area contributed by atoms with E-state index in [1.54, 1.807) is 0 Å².